The van der Waals surface area contributed by atoms with E-state index in [-0.39, 0.29) is 5.78 Å². The third-order valence-corrected chi connectivity index (χ3v) is 3.76. The Morgan fingerprint density at radius 1 is 1.00 bits per heavy atom. The summed E-state index contributed by atoms with van der Waals surface area (Å²) >= 11 is 3.40. The Kier molecular flexibility index (Phi) is 7.66. The van der Waals surface area contributed by atoms with Gasteiger partial charge in [-0.2, -0.15) is 0 Å². The Morgan fingerprint density at radius 3 is 2.22 bits per heavy atom. The molecule has 98 valence electrons. The average Bonchev–Trinajstić information content (AvgIpc) is 2.43. The van der Waals surface area contributed by atoms with Crippen LogP contribution in [0.25, 0.3) is 0 Å². The summed E-state index contributed by atoms with van der Waals surface area (Å²) in [6.45, 7) is 3.96. The Bertz CT molecular complexity index is 370. The smallest absolute Gasteiger partial charge is 0.162 e. The first-order valence-corrected chi connectivity index (χ1v) is 7.67. The third kappa shape index (κ3) is 6.15. The lowest BCUT2D eigenvalue weighted by atomic mass is 10.0. The molecule has 0 saturated carbocycles. The van der Waals surface area contributed by atoms with Gasteiger partial charge in [-0.3, -0.25) is 4.79 Å². The van der Waals surface area contributed by atoms with Gasteiger partial charge in [0, 0.05) is 17.3 Å². The van der Waals surface area contributed by atoms with E-state index >= 15 is 0 Å². The lowest BCUT2D eigenvalue weighted by Crippen LogP contribution is -1.98. The predicted octanol–water partition coefficient (Wildman–Crippen LogP) is 5.16. The summed E-state index contributed by atoms with van der Waals surface area (Å²) in [5, 5.41) is 0.902. The molecule has 0 heterocycles. The molecule has 0 aliphatic heterocycles. The lowest BCUT2D eigenvalue weighted by Gasteiger charge is -2.03. The van der Waals surface area contributed by atoms with Gasteiger partial charge >= 0.3 is 0 Å². The highest BCUT2D eigenvalue weighted by Gasteiger charge is 2.03. The van der Waals surface area contributed by atoms with Crippen LogP contribution in [-0.2, 0) is 0 Å². The molecule has 1 aromatic carbocycles. The van der Waals surface area contributed by atoms with Crippen LogP contribution >= 0.6 is 15.9 Å². The summed E-state index contributed by atoms with van der Waals surface area (Å²) in [6.07, 6.45) is 6.27. The van der Waals surface area contributed by atoms with E-state index in [4.69, 9.17) is 0 Å². The van der Waals surface area contributed by atoms with Crippen molar-refractivity contribution in [1.29, 1.82) is 0 Å². The normalized spacial score (nSPS) is 10.3. The fourth-order valence-corrected chi connectivity index (χ4v) is 2.13. The van der Waals surface area contributed by atoms with E-state index in [0.717, 1.165) is 30.2 Å². The van der Waals surface area contributed by atoms with Crippen LogP contribution in [-0.4, -0.2) is 11.1 Å². The van der Waals surface area contributed by atoms with Gasteiger partial charge in [-0.05, 0) is 19.3 Å². The van der Waals surface area contributed by atoms with E-state index in [1.165, 1.54) is 18.4 Å². The van der Waals surface area contributed by atoms with Crippen LogP contribution in [0.15, 0.2) is 42.5 Å². The van der Waals surface area contributed by atoms with Gasteiger partial charge in [-0.15, -0.1) is 0 Å². The first kappa shape index (κ1) is 15.2. The predicted molar refractivity (Wildman–Crippen MR) is 81.4 cm³/mol. The number of ketones is 1. The molecule has 0 aliphatic rings. The monoisotopic (exact) mass is 308 g/mol. The molecule has 1 aromatic rings. The molecular formula is C16H21BrO. The van der Waals surface area contributed by atoms with Crippen molar-refractivity contribution in [3.05, 3.63) is 48.0 Å². The van der Waals surface area contributed by atoms with Gasteiger partial charge in [0.15, 0.2) is 5.78 Å². The second kappa shape index (κ2) is 9.09. The number of Topliss-reactive ketones (excluding diaryl/α,β-unsaturated/α-hetero) is 1. The summed E-state index contributed by atoms with van der Waals surface area (Å²) in [6, 6.07) is 9.55. The van der Waals surface area contributed by atoms with Crippen LogP contribution in [0.4, 0.5) is 0 Å². The Labute approximate surface area is 118 Å². The molecular weight excluding hydrogens is 288 g/mol. The third-order valence-electron chi connectivity index (χ3n) is 2.97. The molecule has 0 aromatic heterocycles. The van der Waals surface area contributed by atoms with Crippen molar-refractivity contribution in [3.8, 4) is 0 Å². The van der Waals surface area contributed by atoms with Crippen molar-refractivity contribution < 1.29 is 4.79 Å². The van der Waals surface area contributed by atoms with E-state index in [2.05, 4.69) is 22.5 Å². The number of halogens is 1. The molecule has 0 spiro atoms. The number of carbonyl (C=O) groups is 1. The van der Waals surface area contributed by atoms with Gasteiger partial charge < -0.3 is 0 Å². The molecule has 0 atom stereocenters. The number of hydrogen-bond donors (Lipinski definition) is 0. The van der Waals surface area contributed by atoms with E-state index in [9.17, 15) is 4.79 Å². The first-order valence-electron chi connectivity index (χ1n) is 6.55. The second-order valence-corrected chi connectivity index (χ2v) is 5.15. The second-order valence-electron chi connectivity index (χ2n) is 4.59. The average molecular weight is 309 g/mol. The van der Waals surface area contributed by atoms with Crippen molar-refractivity contribution >= 4 is 21.7 Å². The van der Waals surface area contributed by atoms with Gasteiger partial charge in [0.25, 0.3) is 0 Å². The summed E-state index contributed by atoms with van der Waals surface area (Å²) in [5.74, 6) is 0.264. The zero-order valence-corrected chi connectivity index (χ0v) is 12.4. The number of allylic oxidation sites excluding steroid dienone is 1. The molecule has 0 aliphatic carbocycles. The fourth-order valence-electron chi connectivity index (χ4n) is 1.85. The fraction of sp³-hybridized carbons (Fsp3) is 0.438. The van der Waals surface area contributed by atoms with Crippen LogP contribution in [0, 0.1) is 0 Å². The van der Waals surface area contributed by atoms with E-state index in [1.54, 1.807) is 0 Å². The highest BCUT2D eigenvalue weighted by Crippen LogP contribution is 2.13. The van der Waals surface area contributed by atoms with Crippen LogP contribution in [0.2, 0.25) is 0 Å². The molecule has 0 unspecified atom stereocenters. The highest BCUT2D eigenvalue weighted by atomic mass is 79.9. The lowest BCUT2D eigenvalue weighted by molar-refractivity contribution is 0.0979. The number of alkyl halides is 1. The highest BCUT2D eigenvalue weighted by molar-refractivity contribution is 9.09. The molecule has 0 amide bonds. The van der Waals surface area contributed by atoms with Gasteiger partial charge in [0.1, 0.15) is 0 Å². The van der Waals surface area contributed by atoms with Gasteiger partial charge in [-0.1, -0.05) is 71.3 Å². The molecule has 1 rings (SSSR count). The number of carbonyl (C=O) groups excluding carboxylic acids is 1. The van der Waals surface area contributed by atoms with Crippen molar-refractivity contribution in [2.45, 2.75) is 38.5 Å². The van der Waals surface area contributed by atoms with Crippen LogP contribution in [0.1, 0.15) is 48.9 Å². The zero-order valence-electron chi connectivity index (χ0n) is 10.8. The zero-order chi connectivity index (χ0) is 13.2. The van der Waals surface area contributed by atoms with E-state index in [1.807, 2.05) is 30.3 Å². The van der Waals surface area contributed by atoms with E-state index < -0.39 is 0 Å². The Balaban J connectivity index is 2.08. The van der Waals surface area contributed by atoms with Gasteiger partial charge in [0.2, 0.25) is 0 Å². The quantitative estimate of drug-likeness (QED) is 0.266. The maximum Gasteiger partial charge on any atom is 0.162 e. The van der Waals surface area contributed by atoms with Gasteiger partial charge in [0.05, 0.1) is 0 Å². The molecule has 18 heavy (non-hydrogen) atoms. The summed E-state index contributed by atoms with van der Waals surface area (Å²) in [7, 11) is 0. The molecule has 0 N–H and O–H groups in total. The largest absolute Gasteiger partial charge is 0.294 e. The van der Waals surface area contributed by atoms with Crippen molar-refractivity contribution in [1.82, 2.24) is 0 Å². The summed E-state index contributed by atoms with van der Waals surface area (Å²) < 4.78 is 0. The number of rotatable bonds is 9. The molecule has 0 fully saturated rings. The summed E-state index contributed by atoms with van der Waals surface area (Å²) in [5.41, 5.74) is 2.10. The molecule has 0 saturated heterocycles. The van der Waals surface area contributed by atoms with Crippen LogP contribution in [0.5, 0.6) is 0 Å². The SMILES string of the molecule is C=C(CBr)CCCCCCC(=O)c1ccccc1. The molecule has 0 bridgehead atoms. The number of hydrogen-bond acceptors (Lipinski definition) is 1. The Morgan fingerprint density at radius 2 is 1.61 bits per heavy atom. The van der Waals surface area contributed by atoms with Gasteiger partial charge in [-0.25, -0.2) is 0 Å². The topological polar surface area (TPSA) is 17.1 Å². The van der Waals surface area contributed by atoms with Crippen molar-refractivity contribution in [2.75, 3.05) is 5.33 Å². The van der Waals surface area contributed by atoms with Crippen molar-refractivity contribution in [2.24, 2.45) is 0 Å². The molecule has 2 heteroatoms. The maximum atomic E-state index is 11.8. The maximum absolute atomic E-state index is 11.8. The van der Waals surface area contributed by atoms with E-state index in [0.29, 0.717) is 6.42 Å². The minimum absolute atomic E-state index is 0.264. The minimum Gasteiger partial charge on any atom is -0.294 e. The van der Waals surface area contributed by atoms with Crippen LogP contribution in [0.3, 0.4) is 0 Å². The number of unbranched alkanes of at least 4 members (excludes halogenated alkanes) is 3. The van der Waals surface area contributed by atoms with Crippen molar-refractivity contribution in [3.63, 3.8) is 0 Å². The minimum atomic E-state index is 0.264. The van der Waals surface area contributed by atoms with Crippen LogP contribution < -0.4 is 0 Å². The summed E-state index contributed by atoms with van der Waals surface area (Å²) in [4.78, 5) is 11.8. The molecule has 0 radical (unpaired) electrons. The molecule has 1 nitrogen and oxygen atoms in total. The Hall–Kier alpha value is -0.890. The standard InChI is InChI=1S/C16H21BrO/c1-14(13-17)9-5-2-3-8-12-16(18)15-10-6-4-7-11-15/h4,6-7,10-11H,1-3,5,8-9,12-13H2. The first-order chi connectivity index (χ1) is 8.74. The number of benzene rings is 1.